The van der Waals surface area contributed by atoms with Crippen LogP contribution in [0.1, 0.15) is 18.9 Å². The summed E-state index contributed by atoms with van der Waals surface area (Å²) in [6.45, 7) is 2.00. The summed E-state index contributed by atoms with van der Waals surface area (Å²) < 4.78 is 12.6. The lowest BCUT2D eigenvalue weighted by Crippen LogP contribution is -1.82. The fourth-order valence-electron chi connectivity index (χ4n) is 0.936. The Morgan fingerprint density at radius 2 is 2.17 bits per heavy atom. The minimum atomic E-state index is -0.189. The van der Waals surface area contributed by atoms with Gasteiger partial charge >= 0.3 is 0 Å². The van der Waals surface area contributed by atoms with Crippen LogP contribution < -0.4 is 0 Å². The Morgan fingerprint density at radius 3 is 2.83 bits per heavy atom. The third-order valence-electron chi connectivity index (χ3n) is 1.48. The van der Waals surface area contributed by atoms with Gasteiger partial charge in [-0.15, -0.1) is 5.92 Å². The van der Waals surface area contributed by atoms with Gasteiger partial charge in [-0.1, -0.05) is 25.0 Å². The molecule has 1 aromatic carbocycles. The summed E-state index contributed by atoms with van der Waals surface area (Å²) in [6, 6.07) is 6.55. The molecule has 0 nitrogen and oxygen atoms in total. The molecule has 12 heavy (non-hydrogen) atoms. The molecular formula is C11H11F. The van der Waals surface area contributed by atoms with Crippen molar-refractivity contribution in [3.8, 4) is 11.8 Å². The predicted octanol–water partition coefficient (Wildman–Crippen LogP) is 2.78. The van der Waals surface area contributed by atoms with Crippen LogP contribution in [0.3, 0.4) is 0 Å². The second kappa shape index (κ2) is 4.56. The Labute approximate surface area is 72.4 Å². The molecule has 0 amide bonds. The first-order chi connectivity index (χ1) is 5.83. The molecule has 0 unspecified atom stereocenters. The van der Waals surface area contributed by atoms with Gasteiger partial charge in [0.15, 0.2) is 0 Å². The topological polar surface area (TPSA) is 0 Å². The lowest BCUT2D eigenvalue weighted by molar-refractivity contribution is 0.626. The van der Waals surface area contributed by atoms with Gasteiger partial charge in [0.2, 0.25) is 0 Å². The number of benzene rings is 1. The van der Waals surface area contributed by atoms with Crippen molar-refractivity contribution in [2.75, 3.05) is 0 Å². The van der Waals surface area contributed by atoms with Crippen LogP contribution >= 0.6 is 0 Å². The van der Waals surface area contributed by atoms with E-state index in [-0.39, 0.29) is 5.82 Å². The number of halogens is 1. The zero-order valence-electron chi connectivity index (χ0n) is 7.10. The minimum Gasteiger partial charge on any atom is -0.207 e. The summed E-state index contributed by atoms with van der Waals surface area (Å²) in [5.74, 6) is 5.72. The lowest BCUT2D eigenvalue weighted by atomic mass is 10.1. The van der Waals surface area contributed by atoms with E-state index in [9.17, 15) is 4.39 Å². The molecule has 0 aliphatic heterocycles. The van der Waals surface area contributed by atoms with Crippen LogP contribution in [0.4, 0.5) is 4.39 Å². The standard InChI is InChI=1S/C11H11F/c1-2-3-4-6-10-7-5-8-11(12)9-10/h5,7-9H,2,6H2,1H3. The predicted molar refractivity (Wildman–Crippen MR) is 48.2 cm³/mol. The first-order valence-electron chi connectivity index (χ1n) is 4.03. The van der Waals surface area contributed by atoms with Crippen LogP contribution in [-0.4, -0.2) is 0 Å². The molecule has 0 radical (unpaired) electrons. The largest absolute Gasteiger partial charge is 0.207 e. The Hall–Kier alpha value is -1.29. The molecule has 0 heterocycles. The molecule has 0 fully saturated rings. The average Bonchev–Trinajstić information content (AvgIpc) is 2.05. The molecule has 0 aliphatic rings. The maximum absolute atomic E-state index is 12.6. The zero-order chi connectivity index (χ0) is 8.81. The number of hydrogen-bond acceptors (Lipinski definition) is 0. The zero-order valence-corrected chi connectivity index (χ0v) is 7.10. The molecule has 62 valence electrons. The van der Waals surface area contributed by atoms with Crippen molar-refractivity contribution >= 4 is 0 Å². The van der Waals surface area contributed by atoms with Gasteiger partial charge in [0.1, 0.15) is 5.82 Å². The highest BCUT2D eigenvalue weighted by Gasteiger charge is 1.91. The minimum absolute atomic E-state index is 0.189. The Bertz CT molecular complexity index is 304. The van der Waals surface area contributed by atoms with E-state index in [1.165, 1.54) is 12.1 Å². The fraction of sp³-hybridized carbons (Fsp3) is 0.273. The molecule has 0 atom stereocenters. The quantitative estimate of drug-likeness (QED) is 0.557. The molecule has 0 aliphatic carbocycles. The van der Waals surface area contributed by atoms with Gasteiger partial charge < -0.3 is 0 Å². The van der Waals surface area contributed by atoms with Gasteiger partial charge in [-0.3, -0.25) is 0 Å². The fourth-order valence-corrected chi connectivity index (χ4v) is 0.936. The van der Waals surface area contributed by atoms with E-state index in [2.05, 4.69) is 11.8 Å². The Morgan fingerprint density at radius 1 is 1.33 bits per heavy atom. The van der Waals surface area contributed by atoms with Crippen molar-refractivity contribution in [3.05, 3.63) is 35.6 Å². The molecule has 0 saturated carbocycles. The van der Waals surface area contributed by atoms with Crippen LogP contribution in [0.5, 0.6) is 0 Å². The highest BCUT2D eigenvalue weighted by Crippen LogP contribution is 2.03. The molecule has 0 spiro atoms. The van der Waals surface area contributed by atoms with E-state index in [0.29, 0.717) is 6.42 Å². The number of rotatable bonds is 1. The summed E-state index contributed by atoms with van der Waals surface area (Å²) >= 11 is 0. The van der Waals surface area contributed by atoms with Crippen LogP contribution in [-0.2, 0) is 6.42 Å². The van der Waals surface area contributed by atoms with E-state index in [4.69, 9.17) is 0 Å². The Balaban J connectivity index is 2.63. The lowest BCUT2D eigenvalue weighted by Gasteiger charge is -1.93. The Kier molecular flexibility index (Phi) is 3.35. The molecule has 1 aromatic rings. The monoisotopic (exact) mass is 162 g/mol. The molecule has 0 bridgehead atoms. The number of hydrogen-bond donors (Lipinski definition) is 0. The van der Waals surface area contributed by atoms with E-state index < -0.39 is 0 Å². The summed E-state index contributed by atoms with van der Waals surface area (Å²) in [4.78, 5) is 0. The van der Waals surface area contributed by atoms with Crippen LogP contribution in [0.25, 0.3) is 0 Å². The molecular weight excluding hydrogens is 151 g/mol. The highest BCUT2D eigenvalue weighted by atomic mass is 19.1. The molecule has 0 aromatic heterocycles. The van der Waals surface area contributed by atoms with Crippen LogP contribution in [0.2, 0.25) is 0 Å². The SMILES string of the molecule is CCC#CCc1cccc(F)c1. The second-order valence-electron chi connectivity index (χ2n) is 2.51. The summed E-state index contributed by atoms with van der Waals surface area (Å²) in [6.07, 6.45) is 1.50. The maximum atomic E-state index is 12.6. The molecule has 1 rings (SSSR count). The van der Waals surface area contributed by atoms with Gasteiger partial charge in [-0.2, -0.15) is 0 Å². The van der Waals surface area contributed by atoms with E-state index in [0.717, 1.165) is 12.0 Å². The third-order valence-corrected chi connectivity index (χ3v) is 1.48. The van der Waals surface area contributed by atoms with E-state index >= 15 is 0 Å². The first kappa shape index (κ1) is 8.80. The van der Waals surface area contributed by atoms with Crippen molar-refractivity contribution < 1.29 is 4.39 Å². The molecule has 0 N–H and O–H groups in total. The van der Waals surface area contributed by atoms with Gasteiger partial charge in [0.05, 0.1) is 0 Å². The summed E-state index contributed by atoms with van der Waals surface area (Å²) in [5, 5.41) is 0. The van der Waals surface area contributed by atoms with Crippen molar-refractivity contribution in [2.45, 2.75) is 19.8 Å². The second-order valence-corrected chi connectivity index (χ2v) is 2.51. The normalized spacial score (nSPS) is 8.83. The van der Waals surface area contributed by atoms with Gasteiger partial charge in [0, 0.05) is 12.8 Å². The van der Waals surface area contributed by atoms with Crippen molar-refractivity contribution in [1.82, 2.24) is 0 Å². The van der Waals surface area contributed by atoms with Crippen molar-refractivity contribution in [3.63, 3.8) is 0 Å². The third kappa shape index (κ3) is 2.75. The van der Waals surface area contributed by atoms with E-state index in [1.807, 2.05) is 13.0 Å². The molecule has 1 heteroatoms. The first-order valence-corrected chi connectivity index (χ1v) is 4.03. The molecule has 0 saturated heterocycles. The van der Waals surface area contributed by atoms with Gasteiger partial charge in [-0.05, 0) is 17.7 Å². The van der Waals surface area contributed by atoms with Crippen molar-refractivity contribution in [1.29, 1.82) is 0 Å². The smallest absolute Gasteiger partial charge is 0.123 e. The average molecular weight is 162 g/mol. The van der Waals surface area contributed by atoms with Gasteiger partial charge in [0.25, 0.3) is 0 Å². The van der Waals surface area contributed by atoms with Gasteiger partial charge in [-0.25, -0.2) is 4.39 Å². The van der Waals surface area contributed by atoms with Crippen molar-refractivity contribution in [2.24, 2.45) is 0 Å². The highest BCUT2D eigenvalue weighted by molar-refractivity contribution is 5.21. The maximum Gasteiger partial charge on any atom is 0.123 e. The summed E-state index contributed by atoms with van der Waals surface area (Å²) in [7, 11) is 0. The van der Waals surface area contributed by atoms with Crippen LogP contribution in [0, 0.1) is 17.7 Å². The summed E-state index contributed by atoms with van der Waals surface area (Å²) in [5.41, 5.74) is 0.941. The van der Waals surface area contributed by atoms with Crippen LogP contribution in [0.15, 0.2) is 24.3 Å². The van der Waals surface area contributed by atoms with E-state index in [1.54, 1.807) is 6.07 Å².